The van der Waals surface area contributed by atoms with E-state index in [4.69, 9.17) is 11.5 Å². The molecule has 3 heteroatoms. The van der Waals surface area contributed by atoms with Crippen LogP contribution >= 0.6 is 0 Å². The highest BCUT2D eigenvalue weighted by atomic mass is 16.3. The Hall–Kier alpha value is -0.120. The van der Waals surface area contributed by atoms with Crippen molar-refractivity contribution in [3.05, 3.63) is 0 Å². The summed E-state index contributed by atoms with van der Waals surface area (Å²) in [7, 11) is 0. The third-order valence-electron chi connectivity index (χ3n) is 1.56. The first kappa shape index (κ1) is 9.88. The minimum absolute atomic E-state index is 0.0798. The number of hydrogen-bond donors (Lipinski definition) is 3. The van der Waals surface area contributed by atoms with E-state index in [1.165, 1.54) is 0 Å². The Kier molecular flexibility index (Phi) is 4.60. The summed E-state index contributed by atoms with van der Waals surface area (Å²) in [6.07, 6.45) is 0.995. The average Bonchev–Trinajstić information content (AvgIpc) is 1.85. The van der Waals surface area contributed by atoms with Gasteiger partial charge in [-0.15, -0.1) is 0 Å². The summed E-state index contributed by atoms with van der Waals surface area (Å²) in [6.45, 7) is 3.80. The van der Waals surface area contributed by atoms with Crippen LogP contribution in [0.4, 0.5) is 0 Å². The Morgan fingerprint density at radius 3 is 2.20 bits per heavy atom. The fourth-order valence-electron chi connectivity index (χ4n) is 0.889. The van der Waals surface area contributed by atoms with Gasteiger partial charge in [0, 0.05) is 12.1 Å². The summed E-state index contributed by atoms with van der Waals surface area (Å²) >= 11 is 0. The molecule has 0 aromatic rings. The van der Waals surface area contributed by atoms with E-state index in [2.05, 4.69) is 0 Å². The van der Waals surface area contributed by atoms with Crippen LogP contribution in [0, 0.1) is 0 Å². The van der Waals surface area contributed by atoms with Crippen LogP contribution in [-0.4, -0.2) is 23.3 Å². The molecule has 3 nitrogen and oxygen atoms in total. The van der Waals surface area contributed by atoms with Crippen molar-refractivity contribution < 1.29 is 5.11 Å². The van der Waals surface area contributed by atoms with Gasteiger partial charge in [-0.2, -0.15) is 0 Å². The van der Waals surface area contributed by atoms with Gasteiger partial charge in [0.25, 0.3) is 0 Å². The third-order valence-corrected chi connectivity index (χ3v) is 1.56. The van der Waals surface area contributed by atoms with E-state index in [0.29, 0.717) is 12.8 Å². The fraction of sp³-hybridized carbons (Fsp3) is 1.00. The van der Waals surface area contributed by atoms with Crippen LogP contribution in [0.25, 0.3) is 0 Å². The topological polar surface area (TPSA) is 72.3 Å². The van der Waals surface area contributed by atoms with Crippen molar-refractivity contribution in [3.8, 4) is 0 Å². The summed E-state index contributed by atoms with van der Waals surface area (Å²) in [5.41, 5.74) is 11.1. The van der Waals surface area contributed by atoms with Crippen LogP contribution in [0.1, 0.15) is 26.7 Å². The monoisotopic (exact) mass is 146 g/mol. The molecule has 0 aromatic heterocycles. The fourth-order valence-corrected chi connectivity index (χ4v) is 0.889. The van der Waals surface area contributed by atoms with Crippen molar-refractivity contribution in [1.82, 2.24) is 0 Å². The highest BCUT2D eigenvalue weighted by Gasteiger charge is 2.13. The Balaban J connectivity index is 3.50. The molecule has 62 valence electrons. The lowest BCUT2D eigenvalue weighted by Gasteiger charge is -2.18. The van der Waals surface area contributed by atoms with Crippen molar-refractivity contribution in [2.45, 2.75) is 44.9 Å². The predicted molar refractivity (Wildman–Crippen MR) is 42.5 cm³/mol. The van der Waals surface area contributed by atoms with Gasteiger partial charge in [-0.1, -0.05) is 6.92 Å². The first-order chi connectivity index (χ1) is 4.57. The number of hydrogen-bond acceptors (Lipinski definition) is 3. The zero-order valence-corrected chi connectivity index (χ0v) is 6.75. The van der Waals surface area contributed by atoms with Crippen molar-refractivity contribution in [2.24, 2.45) is 11.5 Å². The van der Waals surface area contributed by atoms with E-state index in [-0.39, 0.29) is 12.1 Å². The number of aliphatic hydroxyl groups is 1. The molecule has 0 saturated heterocycles. The van der Waals surface area contributed by atoms with E-state index in [0.717, 1.165) is 0 Å². The second-order valence-electron chi connectivity index (χ2n) is 2.85. The van der Waals surface area contributed by atoms with Crippen LogP contribution in [0.15, 0.2) is 0 Å². The second kappa shape index (κ2) is 4.66. The SMILES string of the molecule is CCC(O)C(N)CC(C)N. The molecule has 5 N–H and O–H groups in total. The smallest absolute Gasteiger partial charge is 0.0689 e. The van der Waals surface area contributed by atoms with Gasteiger partial charge in [0.1, 0.15) is 0 Å². The molecule has 0 aromatic carbocycles. The maximum Gasteiger partial charge on any atom is 0.0689 e. The normalized spacial score (nSPS) is 20.1. The van der Waals surface area contributed by atoms with E-state index >= 15 is 0 Å². The molecular weight excluding hydrogens is 128 g/mol. The number of rotatable bonds is 4. The zero-order valence-electron chi connectivity index (χ0n) is 6.75. The van der Waals surface area contributed by atoms with Gasteiger partial charge in [0.05, 0.1) is 6.10 Å². The molecular formula is C7H18N2O. The van der Waals surface area contributed by atoms with Gasteiger partial charge in [-0.05, 0) is 19.8 Å². The highest BCUT2D eigenvalue weighted by Crippen LogP contribution is 2.01. The second-order valence-corrected chi connectivity index (χ2v) is 2.85. The van der Waals surface area contributed by atoms with Crippen LogP contribution < -0.4 is 11.5 Å². The summed E-state index contributed by atoms with van der Waals surface area (Å²) < 4.78 is 0. The standard InChI is InChI=1S/C7H18N2O/c1-3-7(10)6(9)4-5(2)8/h5-7,10H,3-4,8-9H2,1-2H3. The molecule has 0 bridgehead atoms. The maximum atomic E-state index is 9.19. The van der Waals surface area contributed by atoms with Crippen molar-refractivity contribution in [1.29, 1.82) is 0 Å². The zero-order chi connectivity index (χ0) is 8.15. The Bertz CT molecular complexity index is 85.7. The molecule has 0 saturated carbocycles. The first-order valence-electron chi connectivity index (χ1n) is 3.77. The van der Waals surface area contributed by atoms with Gasteiger partial charge in [-0.25, -0.2) is 0 Å². The van der Waals surface area contributed by atoms with Gasteiger partial charge >= 0.3 is 0 Å². The third kappa shape index (κ3) is 3.82. The Morgan fingerprint density at radius 2 is 1.90 bits per heavy atom. The predicted octanol–water partition coefficient (Wildman–Crippen LogP) is -0.178. The molecule has 0 aliphatic heterocycles. The minimum Gasteiger partial charge on any atom is -0.392 e. The van der Waals surface area contributed by atoms with E-state index in [1.54, 1.807) is 0 Å². The molecule has 0 aliphatic rings. The van der Waals surface area contributed by atoms with Gasteiger partial charge < -0.3 is 16.6 Å². The summed E-state index contributed by atoms with van der Waals surface area (Å²) in [6, 6.07) is -0.0822. The molecule has 0 spiro atoms. The lowest BCUT2D eigenvalue weighted by Crippen LogP contribution is -2.38. The lowest BCUT2D eigenvalue weighted by atomic mass is 10.0. The largest absolute Gasteiger partial charge is 0.392 e. The van der Waals surface area contributed by atoms with Gasteiger partial charge in [-0.3, -0.25) is 0 Å². The van der Waals surface area contributed by atoms with Crippen molar-refractivity contribution >= 4 is 0 Å². The molecule has 0 heterocycles. The Labute approximate surface area is 62.4 Å². The quantitative estimate of drug-likeness (QED) is 0.515. The number of aliphatic hydroxyl groups excluding tert-OH is 1. The minimum atomic E-state index is -0.397. The maximum absolute atomic E-state index is 9.19. The van der Waals surface area contributed by atoms with Gasteiger partial charge in [0.15, 0.2) is 0 Å². The molecule has 0 fully saturated rings. The molecule has 0 aliphatic carbocycles. The molecule has 3 atom stereocenters. The molecule has 10 heavy (non-hydrogen) atoms. The number of nitrogens with two attached hydrogens (primary N) is 2. The van der Waals surface area contributed by atoms with Crippen molar-refractivity contribution in [2.75, 3.05) is 0 Å². The average molecular weight is 146 g/mol. The Morgan fingerprint density at radius 1 is 1.40 bits per heavy atom. The van der Waals surface area contributed by atoms with Crippen LogP contribution in [0.3, 0.4) is 0 Å². The lowest BCUT2D eigenvalue weighted by molar-refractivity contribution is 0.134. The molecule has 3 unspecified atom stereocenters. The molecule has 0 amide bonds. The summed E-state index contributed by atoms with van der Waals surface area (Å²) in [5, 5.41) is 9.19. The van der Waals surface area contributed by atoms with E-state index in [9.17, 15) is 5.11 Å². The van der Waals surface area contributed by atoms with E-state index in [1.807, 2.05) is 13.8 Å². The summed E-state index contributed by atoms with van der Waals surface area (Å²) in [5.74, 6) is 0. The van der Waals surface area contributed by atoms with E-state index < -0.39 is 6.10 Å². The highest BCUT2D eigenvalue weighted by molar-refractivity contribution is 4.73. The molecule has 0 rings (SSSR count). The molecule has 0 radical (unpaired) electrons. The first-order valence-corrected chi connectivity index (χ1v) is 3.77. The van der Waals surface area contributed by atoms with Crippen LogP contribution in [0.5, 0.6) is 0 Å². The van der Waals surface area contributed by atoms with Gasteiger partial charge in [0.2, 0.25) is 0 Å². The van der Waals surface area contributed by atoms with Crippen LogP contribution in [0.2, 0.25) is 0 Å². The van der Waals surface area contributed by atoms with Crippen LogP contribution in [-0.2, 0) is 0 Å². The summed E-state index contributed by atoms with van der Waals surface area (Å²) in [4.78, 5) is 0. The van der Waals surface area contributed by atoms with Crippen molar-refractivity contribution in [3.63, 3.8) is 0 Å².